The number of nitrogens with one attached hydrogen (secondary N) is 1. The third kappa shape index (κ3) is 1.78. The summed E-state index contributed by atoms with van der Waals surface area (Å²) in [5.41, 5.74) is 1.49. The third-order valence-electron chi connectivity index (χ3n) is 2.33. The predicted octanol–water partition coefficient (Wildman–Crippen LogP) is 2.25. The van der Waals surface area contributed by atoms with Gasteiger partial charge in [-0.2, -0.15) is 0 Å². The first-order chi connectivity index (χ1) is 7.63. The van der Waals surface area contributed by atoms with E-state index in [9.17, 15) is 4.79 Å². The van der Waals surface area contributed by atoms with Crippen LogP contribution in [0.15, 0.2) is 33.5 Å². The Morgan fingerprint density at radius 3 is 2.38 bits per heavy atom. The fourth-order valence-electron chi connectivity index (χ4n) is 1.44. The highest BCUT2D eigenvalue weighted by Crippen LogP contribution is 2.15. The van der Waals surface area contributed by atoms with E-state index in [0.717, 1.165) is 17.1 Å². The van der Waals surface area contributed by atoms with Gasteiger partial charge in [0.2, 0.25) is 0 Å². The highest BCUT2D eigenvalue weighted by Gasteiger charge is 2.09. The van der Waals surface area contributed by atoms with Crippen LogP contribution in [-0.4, -0.2) is 16.9 Å². The van der Waals surface area contributed by atoms with Gasteiger partial charge in [0.25, 0.3) is 5.56 Å². The molecule has 1 aromatic heterocycles. The van der Waals surface area contributed by atoms with Crippen LogP contribution in [-0.2, 0) is 0 Å². The molecule has 4 nitrogen and oxygen atoms in total. The monoisotopic (exact) mass is 282 g/mol. The summed E-state index contributed by atoms with van der Waals surface area (Å²) in [5.74, 6) is 0.763. The van der Waals surface area contributed by atoms with Crippen molar-refractivity contribution in [3.05, 3.63) is 44.8 Å². The topological polar surface area (TPSA) is 47.0 Å². The van der Waals surface area contributed by atoms with Crippen molar-refractivity contribution in [3.63, 3.8) is 0 Å². The number of aromatic nitrogens is 2. The van der Waals surface area contributed by atoms with Crippen molar-refractivity contribution in [2.75, 3.05) is 7.11 Å². The zero-order valence-electron chi connectivity index (χ0n) is 8.95. The maximum absolute atomic E-state index is 11.8. The van der Waals surface area contributed by atoms with Crippen molar-refractivity contribution in [1.82, 2.24) is 9.78 Å². The second-order valence-corrected chi connectivity index (χ2v) is 4.18. The molecule has 0 radical (unpaired) electrons. The SMILES string of the molecule is COc1ccc(-n2[nH]c(C)c(Br)c2=O)cc1. The highest BCUT2D eigenvalue weighted by atomic mass is 79.9. The molecule has 1 heterocycles. The molecule has 2 aromatic rings. The molecule has 1 aromatic carbocycles. The van der Waals surface area contributed by atoms with Crippen LogP contribution >= 0.6 is 15.9 Å². The summed E-state index contributed by atoms with van der Waals surface area (Å²) in [6.45, 7) is 1.84. The highest BCUT2D eigenvalue weighted by molar-refractivity contribution is 9.10. The van der Waals surface area contributed by atoms with Gasteiger partial charge in [0.05, 0.1) is 12.8 Å². The third-order valence-corrected chi connectivity index (χ3v) is 3.26. The van der Waals surface area contributed by atoms with Crippen molar-refractivity contribution < 1.29 is 4.74 Å². The van der Waals surface area contributed by atoms with Gasteiger partial charge in [-0.1, -0.05) is 0 Å². The van der Waals surface area contributed by atoms with Crippen molar-refractivity contribution in [1.29, 1.82) is 0 Å². The molecule has 0 spiro atoms. The van der Waals surface area contributed by atoms with Crippen LogP contribution in [0.1, 0.15) is 5.69 Å². The van der Waals surface area contributed by atoms with E-state index < -0.39 is 0 Å². The molecule has 84 valence electrons. The van der Waals surface area contributed by atoms with E-state index in [-0.39, 0.29) is 5.56 Å². The quantitative estimate of drug-likeness (QED) is 0.918. The molecule has 5 heteroatoms. The minimum Gasteiger partial charge on any atom is -0.497 e. The molecule has 0 atom stereocenters. The van der Waals surface area contributed by atoms with Crippen molar-refractivity contribution >= 4 is 15.9 Å². The van der Waals surface area contributed by atoms with Crippen LogP contribution in [0.2, 0.25) is 0 Å². The summed E-state index contributed by atoms with van der Waals surface area (Å²) >= 11 is 3.24. The largest absolute Gasteiger partial charge is 0.497 e. The van der Waals surface area contributed by atoms with Gasteiger partial charge in [-0.25, -0.2) is 4.68 Å². The lowest BCUT2D eigenvalue weighted by Crippen LogP contribution is -2.14. The van der Waals surface area contributed by atoms with E-state index in [1.54, 1.807) is 7.11 Å². The van der Waals surface area contributed by atoms with Crippen LogP contribution in [0.25, 0.3) is 5.69 Å². The number of benzene rings is 1. The standard InChI is InChI=1S/C11H11BrN2O2/c1-7-10(12)11(15)14(13-7)8-3-5-9(16-2)6-4-8/h3-6,13H,1-2H3. The molecule has 0 saturated heterocycles. The number of nitrogens with zero attached hydrogens (tertiary/aromatic N) is 1. The number of hydrogen-bond acceptors (Lipinski definition) is 2. The van der Waals surface area contributed by atoms with E-state index in [2.05, 4.69) is 21.0 Å². The maximum Gasteiger partial charge on any atom is 0.285 e. The van der Waals surface area contributed by atoms with E-state index in [1.165, 1.54) is 4.68 Å². The van der Waals surface area contributed by atoms with Gasteiger partial charge in [0.15, 0.2) is 0 Å². The molecule has 1 N–H and O–H groups in total. The number of ether oxygens (including phenoxy) is 1. The number of H-pyrrole nitrogens is 1. The summed E-state index contributed by atoms with van der Waals surface area (Å²) in [6.07, 6.45) is 0. The minimum absolute atomic E-state index is 0.0948. The molecule has 0 fully saturated rings. The first-order valence-corrected chi connectivity index (χ1v) is 5.54. The lowest BCUT2D eigenvalue weighted by Gasteiger charge is -2.03. The Bertz CT molecular complexity index is 554. The fourth-order valence-corrected chi connectivity index (χ4v) is 1.71. The molecule has 0 bridgehead atoms. The van der Waals surface area contributed by atoms with E-state index in [0.29, 0.717) is 4.47 Å². The molecular weight excluding hydrogens is 272 g/mol. The average molecular weight is 283 g/mol. The summed E-state index contributed by atoms with van der Waals surface area (Å²) in [7, 11) is 1.61. The fraction of sp³-hybridized carbons (Fsp3) is 0.182. The van der Waals surface area contributed by atoms with Crippen LogP contribution in [0, 0.1) is 6.92 Å². The lowest BCUT2D eigenvalue weighted by atomic mass is 10.3. The number of hydrogen-bond donors (Lipinski definition) is 1. The van der Waals surface area contributed by atoms with Crippen LogP contribution < -0.4 is 10.3 Å². The van der Waals surface area contributed by atoms with Gasteiger partial charge < -0.3 is 4.74 Å². The lowest BCUT2D eigenvalue weighted by molar-refractivity contribution is 0.414. The van der Waals surface area contributed by atoms with Gasteiger partial charge in [0.1, 0.15) is 10.2 Å². The second-order valence-electron chi connectivity index (χ2n) is 3.39. The van der Waals surface area contributed by atoms with Crippen molar-refractivity contribution in [2.45, 2.75) is 6.92 Å². The maximum atomic E-state index is 11.8. The normalized spacial score (nSPS) is 10.4. The van der Waals surface area contributed by atoms with Crippen LogP contribution in [0.5, 0.6) is 5.75 Å². The molecule has 0 aliphatic carbocycles. The Hall–Kier alpha value is -1.49. The number of methoxy groups -OCH3 is 1. The van der Waals surface area contributed by atoms with Gasteiger partial charge in [0, 0.05) is 5.69 Å². The predicted molar refractivity (Wildman–Crippen MR) is 65.4 cm³/mol. The zero-order chi connectivity index (χ0) is 11.7. The first kappa shape index (κ1) is 11.0. The summed E-state index contributed by atoms with van der Waals surface area (Å²) in [4.78, 5) is 11.8. The molecule has 16 heavy (non-hydrogen) atoms. The second kappa shape index (κ2) is 4.17. The number of aryl methyl sites for hydroxylation is 1. The Labute approximate surface area is 101 Å². The first-order valence-electron chi connectivity index (χ1n) is 4.75. The molecule has 0 unspecified atom stereocenters. The van der Waals surface area contributed by atoms with Gasteiger partial charge in [-0.15, -0.1) is 0 Å². The Kier molecular flexibility index (Phi) is 2.87. The van der Waals surface area contributed by atoms with Gasteiger partial charge in [-0.3, -0.25) is 9.89 Å². The Morgan fingerprint density at radius 2 is 1.94 bits per heavy atom. The molecular formula is C11H11BrN2O2. The number of rotatable bonds is 2. The Balaban J connectivity index is 2.50. The molecule has 0 amide bonds. The molecule has 0 aliphatic rings. The summed E-state index contributed by atoms with van der Waals surface area (Å²) in [6, 6.07) is 7.27. The van der Waals surface area contributed by atoms with Gasteiger partial charge >= 0.3 is 0 Å². The van der Waals surface area contributed by atoms with E-state index in [1.807, 2.05) is 31.2 Å². The average Bonchev–Trinajstić information content (AvgIpc) is 2.57. The van der Waals surface area contributed by atoms with Crippen molar-refractivity contribution in [2.24, 2.45) is 0 Å². The molecule has 2 rings (SSSR count). The number of halogens is 1. The van der Waals surface area contributed by atoms with E-state index >= 15 is 0 Å². The van der Waals surface area contributed by atoms with Gasteiger partial charge in [-0.05, 0) is 47.1 Å². The van der Waals surface area contributed by atoms with Crippen molar-refractivity contribution in [3.8, 4) is 11.4 Å². The van der Waals surface area contributed by atoms with Crippen LogP contribution in [0.3, 0.4) is 0 Å². The number of aromatic amines is 1. The zero-order valence-corrected chi connectivity index (χ0v) is 10.5. The minimum atomic E-state index is -0.0948. The summed E-state index contributed by atoms with van der Waals surface area (Å²) in [5, 5.41) is 2.98. The smallest absolute Gasteiger partial charge is 0.285 e. The summed E-state index contributed by atoms with van der Waals surface area (Å²) < 4.78 is 7.10. The van der Waals surface area contributed by atoms with E-state index in [4.69, 9.17) is 4.74 Å². The molecule has 0 saturated carbocycles. The molecule has 0 aliphatic heterocycles. The Morgan fingerprint density at radius 1 is 1.31 bits per heavy atom. The van der Waals surface area contributed by atoms with Crippen LogP contribution in [0.4, 0.5) is 0 Å².